The van der Waals surface area contributed by atoms with Gasteiger partial charge in [-0.05, 0) is 35.4 Å². The minimum atomic E-state index is -5.05. The number of halogens is 4. The lowest BCUT2D eigenvalue weighted by Gasteiger charge is -2.14. The number of hydrogen-bond acceptors (Lipinski definition) is 2. The zero-order valence-electron chi connectivity index (χ0n) is 10.2. The van der Waals surface area contributed by atoms with Crippen LogP contribution in [0.25, 0.3) is 11.1 Å². The molecule has 0 aliphatic carbocycles. The van der Waals surface area contributed by atoms with Crippen LogP contribution >= 0.6 is 0 Å². The van der Waals surface area contributed by atoms with Gasteiger partial charge in [-0.2, -0.15) is 17.6 Å². The summed E-state index contributed by atoms with van der Waals surface area (Å²) in [7, 11) is 0. The van der Waals surface area contributed by atoms with Crippen molar-refractivity contribution in [1.29, 1.82) is 0 Å². The first kappa shape index (κ1) is 14.2. The summed E-state index contributed by atoms with van der Waals surface area (Å²) >= 11 is 0. The van der Waals surface area contributed by atoms with Gasteiger partial charge in [-0.15, -0.1) is 0 Å². The number of nitrogens with two attached hydrogens (primary N) is 1. The maximum Gasteiger partial charge on any atom is 0.457 e. The zero-order valence-corrected chi connectivity index (χ0v) is 10.2. The standard InChI is InChI=1S/C14H11F4NO/c15-13(14(16,17)18)20-12-6-2-4-10(8-12)9-3-1-5-11(19)7-9/h1-8,13H,19H2. The van der Waals surface area contributed by atoms with Gasteiger partial charge in [0, 0.05) is 5.69 Å². The second kappa shape index (κ2) is 5.40. The monoisotopic (exact) mass is 285 g/mol. The third-order valence-corrected chi connectivity index (χ3v) is 2.55. The third-order valence-electron chi connectivity index (χ3n) is 2.55. The van der Waals surface area contributed by atoms with Gasteiger partial charge >= 0.3 is 12.5 Å². The smallest absolute Gasteiger partial charge is 0.452 e. The van der Waals surface area contributed by atoms with Crippen LogP contribution in [0.5, 0.6) is 5.75 Å². The molecule has 2 nitrogen and oxygen atoms in total. The highest BCUT2D eigenvalue weighted by molar-refractivity contribution is 5.68. The fraction of sp³-hybridized carbons (Fsp3) is 0.143. The lowest BCUT2D eigenvalue weighted by molar-refractivity contribution is -0.236. The Kier molecular flexibility index (Phi) is 3.83. The van der Waals surface area contributed by atoms with Crippen LogP contribution in [0.2, 0.25) is 0 Å². The molecule has 1 atom stereocenters. The topological polar surface area (TPSA) is 35.2 Å². The van der Waals surface area contributed by atoms with Gasteiger partial charge in [-0.3, -0.25) is 0 Å². The average Bonchev–Trinajstić information content (AvgIpc) is 2.38. The van der Waals surface area contributed by atoms with E-state index in [1.54, 1.807) is 30.3 Å². The number of nitrogen functional groups attached to an aromatic ring is 1. The van der Waals surface area contributed by atoms with Gasteiger partial charge in [0.25, 0.3) is 0 Å². The van der Waals surface area contributed by atoms with E-state index >= 15 is 0 Å². The van der Waals surface area contributed by atoms with Crippen LogP contribution in [0.4, 0.5) is 23.2 Å². The van der Waals surface area contributed by atoms with E-state index in [9.17, 15) is 17.6 Å². The highest BCUT2D eigenvalue weighted by atomic mass is 19.4. The minimum Gasteiger partial charge on any atom is -0.452 e. The molecule has 1 unspecified atom stereocenters. The lowest BCUT2D eigenvalue weighted by atomic mass is 10.1. The molecule has 0 spiro atoms. The molecule has 2 rings (SSSR count). The molecule has 0 amide bonds. The summed E-state index contributed by atoms with van der Waals surface area (Å²) < 4.78 is 53.4. The van der Waals surface area contributed by atoms with E-state index in [1.807, 2.05) is 0 Å². The molecule has 0 radical (unpaired) electrons. The summed E-state index contributed by atoms with van der Waals surface area (Å²) in [6, 6.07) is 12.5. The van der Waals surface area contributed by atoms with Crippen molar-refractivity contribution in [2.45, 2.75) is 12.5 Å². The molecule has 0 aliphatic heterocycles. The van der Waals surface area contributed by atoms with Crippen LogP contribution in [-0.4, -0.2) is 12.5 Å². The van der Waals surface area contributed by atoms with Crippen molar-refractivity contribution in [1.82, 2.24) is 0 Å². The molecule has 0 saturated heterocycles. The summed E-state index contributed by atoms with van der Waals surface area (Å²) in [6.07, 6.45) is -8.40. The van der Waals surface area contributed by atoms with Crippen molar-refractivity contribution >= 4 is 5.69 Å². The lowest BCUT2D eigenvalue weighted by Crippen LogP contribution is -2.29. The largest absolute Gasteiger partial charge is 0.457 e. The fourth-order valence-corrected chi connectivity index (χ4v) is 1.65. The predicted molar refractivity (Wildman–Crippen MR) is 67.9 cm³/mol. The second-order valence-corrected chi connectivity index (χ2v) is 4.13. The molecule has 0 heterocycles. The van der Waals surface area contributed by atoms with Gasteiger partial charge < -0.3 is 10.5 Å². The number of anilines is 1. The summed E-state index contributed by atoms with van der Waals surface area (Å²) in [6.45, 7) is 0. The highest BCUT2D eigenvalue weighted by Crippen LogP contribution is 2.29. The molecule has 106 valence electrons. The predicted octanol–water partition coefficient (Wildman–Crippen LogP) is 4.17. The van der Waals surface area contributed by atoms with Crippen LogP contribution in [0.15, 0.2) is 48.5 Å². The molecule has 6 heteroatoms. The molecule has 0 aromatic heterocycles. The number of hydrogen-bond donors (Lipinski definition) is 1. The van der Waals surface area contributed by atoms with Gasteiger partial charge in [0.05, 0.1) is 0 Å². The third kappa shape index (κ3) is 3.40. The van der Waals surface area contributed by atoms with E-state index < -0.39 is 12.5 Å². The van der Waals surface area contributed by atoms with Crippen LogP contribution < -0.4 is 10.5 Å². The van der Waals surface area contributed by atoms with Crippen molar-refractivity contribution in [3.05, 3.63) is 48.5 Å². The van der Waals surface area contributed by atoms with Gasteiger partial charge in [0.2, 0.25) is 0 Å². The summed E-state index contributed by atoms with van der Waals surface area (Å²) in [5, 5.41) is 0. The van der Waals surface area contributed by atoms with E-state index in [-0.39, 0.29) is 5.75 Å². The van der Waals surface area contributed by atoms with Crippen molar-refractivity contribution < 1.29 is 22.3 Å². The van der Waals surface area contributed by atoms with Crippen molar-refractivity contribution in [3.8, 4) is 16.9 Å². The minimum absolute atomic E-state index is 0.199. The quantitative estimate of drug-likeness (QED) is 0.678. The van der Waals surface area contributed by atoms with Crippen molar-refractivity contribution in [2.75, 3.05) is 5.73 Å². The maximum absolute atomic E-state index is 12.8. The van der Waals surface area contributed by atoms with Gasteiger partial charge in [0.1, 0.15) is 5.75 Å². The molecule has 2 aromatic rings. The zero-order chi connectivity index (χ0) is 14.8. The molecule has 0 fully saturated rings. The molecule has 0 aliphatic rings. The van der Waals surface area contributed by atoms with Gasteiger partial charge in [-0.25, -0.2) is 0 Å². The molecule has 0 bridgehead atoms. The summed E-state index contributed by atoms with van der Waals surface area (Å²) in [4.78, 5) is 0. The fourth-order valence-electron chi connectivity index (χ4n) is 1.65. The van der Waals surface area contributed by atoms with Crippen LogP contribution in [0.1, 0.15) is 0 Å². The summed E-state index contributed by atoms with van der Waals surface area (Å²) in [5.41, 5.74) is 7.45. The molecule has 2 N–H and O–H groups in total. The Morgan fingerprint density at radius 1 is 0.950 bits per heavy atom. The number of ether oxygens (including phenoxy) is 1. The Morgan fingerprint density at radius 3 is 2.15 bits per heavy atom. The number of benzene rings is 2. The maximum atomic E-state index is 12.8. The Balaban J connectivity index is 2.25. The SMILES string of the molecule is Nc1cccc(-c2cccc(OC(F)C(F)(F)F)c2)c1. The van der Waals surface area contributed by atoms with Gasteiger partial charge in [-0.1, -0.05) is 24.3 Å². The van der Waals surface area contributed by atoms with E-state index in [2.05, 4.69) is 4.74 Å². The van der Waals surface area contributed by atoms with E-state index in [0.717, 1.165) is 0 Å². The first-order valence-corrected chi connectivity index (χ1v) is 5.70. The van der Waals surface area contributed by atoms with E-state index in [4.69, 9.17) is 5.73 Å². The highest BCUT2D eigenvalue weighted by Gasteiger charge is 2.42. The van der Waals surface area contributed by atoms with Crippen LogP contribution in [0.3, 0.4) is 0 Å². The molecular formula is C14H11F4NO. The van der Waals surface area contributed by atoms with Gasteiger partial charge in [0.15, 0.2) is 0 Å². The van der Waals surface area contributed by atoms with Crippen molar-refractivity contribution in [3.63, 3.8) is 0 Å². The second-order valence-electron chi connectivity index (χ2n) is 4.13. The van der Waals surface area contributed by atoms with E-state index in [1.165, 1.54) is 18.2 Å². The molecule has 20 heavy (non-hydrogen) atoms. The van der Waals surface area contributed by atoms with E-state index in [0.29, 0.717) is 16.8 Å². The first-order valence-electron chi connectivity index (χ1n) is 5.70. The normalized spacial score (nSPS) is 13.0. The Morgan fingerprint density at radius 2 is 1.55 bits per heavy atom. The van der Waals surface area contributed by atoms with Crippen LogP contribution in [-0.2, 0) is 0 Å². The number of alkyl halides is 4. The van der Waals surface area contributed by atoms with Crippen molar-refractivity contribution in [2.24, 2.45) is 0 Å². The van der Waals surface area contributed by atoms with Crippen LogP contribution in [0, 0.1) is 0 Å². The Labute approximate surface area is 112 Å². The Bertz CT molecular complexity index is 598. The Hall–Kier alpha value is -2.24. The summed E-state index contributed by atoms with van der Waals surface area (Å²) in [5.74, 6) is -0.199. The molecule has 2 aromatic carbocycles. The average molecular weight is 285 g/mol. The molecular weight excluding hydrogens is 274 g/mol. The number of rotatable bonds is 3. The molecule has 0 saturated carbocycles. The first-order chi connectivity index (χ1) is 9.36.